The molecule has 1 aliphatic carbocycles. The van der Waals surface area contributed by atoms with E-state index in [-0.39, 0.29) is 18.1 Å². The highest BCUT2D eigenvalue weighted by molar-refractivity contribution is 7.93. The van der Waals surface area contributed by atoms with Crippen LogP contribution in [0.5, 0.6) is 5.75 Å². The summed E-state index contributed by atoms with van der Waals surface area (Å²) in [5.74, 6) is -0.221. The molecule has 8 heteroatoms. The number of ether oxygens (including phenoxy) is 1. The molecule has 1 aliphatic rings. The van der Waals surface area contributed by atoms with Crippen LogP contribution in [-0.2, 0) is 14.8 Å². The van der Waals surface area contributed by atoms with Crippen LogP contribution in [0.2, 0.25) is 0 Å². The summed E-state index contributed by atoms with van der Waals surface area (Å²) in [4.78, 5) is 12.1. The Labute approximate surface area is 149 Å². The molecule has 0 radical (unpaired) electrons. The zero-order valence-corrected chi connectivity index (χ0v) is 15.5. The van der Waals surface area contributed by atoms with Gasteiger partial charge < -0.3 is 15.8 Å². The van der Waals surface area contributed by atoms with Crippen molar-refractivity contribution >= 4 is 21.6 Å². The molecule has 1 aromatic carbocycles. The molecule has 1 saturated carbocycles. The number of carbonyl (C=O) groups is 1. The summed E-state index contributed by atoms with van der Waals surface area (Å²) in [6.07, 6.45) is 2.86. The lowest BCUT2D eigenvalue weighted by atomic mass is 10.0. The Hall–Kier alpha value is -1.80. The number of hydrogen-bond acceptors (Lipinski definition) is 5. The van der Waals surface area contributed by atoms with Gasteiger partial charge in [-0.25, -0.2) is 8.42 Å². The summed E-state index contributed by atoms with van der Waals surface area (Å²) in [7, 11) is -3.77. The number of rotatable bonds is 8. The van der Waals surface area contributed by atoms with Crippen LogP contribution in [0.25, 0.3) is 0 Å². The highest BCUT2D eigenvalue weighted by atomic mass is 32.2. The fraction of sp³-hybridized carbons (Fsp3) is 0.588. The predicted molar refractivity (Wildman–Crippen MR) is 97.9 cm³/mol. The Kier molecular flexibility index (Phi) is 6.66. The zero-order valence-electron chi connectivity index (χ0n) is 14.7. The molecule has 0 aliphatic heterocycles. The Balaban J connectivity index is 1.89. The Morgan fingerprint density at radius 3 is 2.56 bits per heavy atom. The number of nitrogens with one attached hydrogen (secondary N) is 2. The van der Waals surface area contributed by atoms with Gasteiger partial charge in [0.05, 0.1) is 6.10 Å². The van der Waals surface area contributed by atoms with Crippen molar-refractivity contribution in [1.82, 2.24) is 5.32 Å². The normalized spacial score (nSPS) is 20.5. The smallest absolute Gasteiger partial charge is 0.241 e. The van der Waals surface area contributed by atoms with E-state index in [1.807, 2.05) is 13.8 Å². The summed E-state index contributed by atoms with van der Waals surface area (Å²) in [5, 5.41) is 2.79. The van der Waals surface area contributed by atoms with E-state index in [9.17, 15) is 13.2 Å². The molecule has 4 N–H and O–H groups in total. The molecule has 0 heterocycles. The molecular weight excluding hydrogens is 342 g/mol. The van der Waals surface area contributed by atoms with E-state index < -0.39 is 21.7 Å². The van der Waals surface area contributed by atoms with Gasteiger partial charge in [0.25, 0.3) is 0 Å². The zero-order chi connectivity index (χ0) is 18.4. The van der Waals surface area contributed by atoms with E-state index in [1.54, 1.807) is 24.3 Å². The fourth-order valence-corrected chi connectivity index (χ4v) is 4.02. The maximum Gasteiger partial charge on any atom is 0.241 e. The third-order valence-electron chi connectivity index (χ3n) is 4.13. The molecule has 2 rings (SSSR count). The van der Waals surface area contributed by atoms with E-state index in [1.165, 1.54) is 0 Å². The van der Waals surface area contributed by atoms with Gasteiger partial charge in [0, 0.05) is 11.7 Å². The maximum absolute atomic E-state index is 12.2. The highest BCUT2D eigenvalue weighted by Crippen LogP contribution is 2.24. The van der Waals surface area contributed by atoms with Crippen molar-refractivity contribution in [3.8, 4) is 5.75 Å². The topological polar surface area (TPSA) is 111 Å². The summed E-state index contributed by atoms with van der Waals surface area (Å²) < 4.78 is 32.3. The van der Waals surface area contributed by atoms with Gasteiger partial charge in [-0.05, 0) is 63.4 Å². The van der Waals surface area contributed by atoms with Gasteiger partial charge in [0.1, 0.15) is 11.5 Å². The molecule has 7 nitrogen and oxygen atoms in total. The number of amides is 1. The first kappa shape index (κ1) is 19.5. The monoisotopic (exact) mass is 369 g/mol. The predicted octanol–water partition coefficient (Wildman–Crippen LogP) is 1.46. The Morgan fingerprint density at radius 1 is 1.28 bits per heavy atom. The van der Waals surface area contributed by atoms with Gasteiger partial charge in [0.15, 0.2) is 0 Å². The lowest BCUT2D eigenvalue weighted by Crippen LogP contribution is -2.43. The first-order chi connectivity index (χ1) is 11.8. The quantitative estimate of drug-likeness (QED) is 0.642. The number of sulfonamides is 1. The van der Waals surface area contributed by atoms with E-state index in [0.717, 1.165) is 19.3 Å². The third-order valence-corrected chi connectivity index (χ3v) is 5.32. The van der Waals surface area contributed by atoms with Gasteiger partial charge in [-0.15, -0.1) is 0 Å². The van der Waals surface area contributed by atoms with Crippen LogP contribution in [0.3, 0.4) is 0 Å². The van der Waals surface area contributed by atoms with E-state index in [2.05, 4.69) is 10.0 Å². The second kappa shape index (κ2) is 8.53. The molecular formula is C17H27N3O4S. The van der Waals surface area contributed by atoms with Crippen LogP contribution in [0.1, 0.15) is 33.1 Å². The van der Waals surface area contributed by atoms with Crippen LogP contribution in [-0.4, -0.2) is 38.8 Å². The van der Waals surface area contributed by atoms with Gasteiger partial charge in [0.2, 0.25) is 15.9 Å². The standard InChI is InChI=1S/C17H27N3O4S/c1-12(2)24-15-8-6-14(7-9-15)20-25(22,23)11-17(21)19-16-5-3-4-13(16)10-18/h6-9,12-13,16,20H,3-5,10-11,18H2,1-2H3,(H,19,21). The number of carbonyl (C=O) groups excluding carboxylic acids is 1. The Morgan fingerprint density at radius 2 is 1.96 bits per heavy atom. The number of benzene rings is 1. The highest BCUT2D eigenvalue weighted by Gasteiger charge is 2.28. The molecule has 0 aromatic heterocycles. The average Bonchev–Trinajstić information content (AvgIpc) is 2.94. The van der Waals surface area contributed by atoms with Crippen LogP contribution < -0.4 is 20.5 Å². The summed E-state index contributed by atoms with van der Waals surface area (Å²) >= 11 is 0. The third kappa shape index (κ3) is 6.21. The molecule has 0 bridgehead atoms. The Bertz CT molecular complexity index is 674. The minimum absolute atomic E-state index is 0.0276. The van der Waals surface area contributed by atoms with Gasteiger partial charge in [-0.2, -0.15) is 0 Å². The fourth-order valence-electron chi connectivity index (χ4n) is 3.02. The summed E-state index contributed by atoms with van der Waals surface area (Å²) in [6.45, 7) is 4.32. The van der Waals surface area contributed by atoms with Crippen LogP contribution in [0, 0.1) is 5.92 Å². The van der Waals surface area contributed by atoms with Crippen molar-refractivity contribution in [3.63, 3.8) is 0 Å². The minimum Gasteiger partial charge on any atom is -0.491 e. The van der Waals surface area contributed by atoms with Gasteiger partial charge in [-0.1, -0.05) is 6.42 Å². The van der Waals surface area contributed by atoms with Crippen molar-refractivity contribution in [1.29, 1.82) is 0 Å². The molecule has 140 valence electrons. The van der Waals surface area contributed by atoms with E-state index in [0.29, 0.717) is 18.0 Å². The second-order valence-corrected chi connectivity index (χ2v) is 8.38. The first-order valence-electron chi connectivity index (χ1n) is 8.55. The number of anilines is 1. The van der Waals surface area contributed by atoms with Crippen LogP contribution in [0.15, 0.2) is 24.3 Å². The van der Waals surface area contributed by atoms with Crippen molar-refractivity contribution < 1.29 is 17.9 Å². The lowest BCUT2D eigenvalue weighted by molar-refractivity contribution is -0.119. The molecule has 25 heavy (non-hydrogen) atoms. The summed E-state index contributed by atoms with van der Waals surface area (Å²) in [6, 6.07) is 6.55. The molecule has 0 spiro atoms. The summed E-state index contributed by atoms with van der Waals surface area (Å²) in [5.41, 5.74) is 6.07. The van der Waals surface area contributed by atoms with Gasteiger partial charge in [-0.3, -0.25) is 9.52 Å². The molecule has 2 unspecified atom stereocenters. The number of nitrogens with two attached hydrogens (primary N) is 1. The largest absolute Gasteiger partial charge is 0.491 e. The molecule has 1 fully saturated rings. The van der Waals surface area contributed by atoms with Gasteiger partial charge >= 0.3 is 0 Å². The van der Waals surface area contributed by atoms with Crippen molar-refractivity contribution in [2.24, 2.45) is 11.7 Å². The number of hydrogen-bond donors (Lipinski definition) is 3. The molecule has 1 aromatic rings. The first-order valence-corrected chi connectivity index (χ1v) is 10.2. The average molecular weight is 369 g/mol. The molecule has 0 saturated heterocycles. The maximum atomic E-state index is 12.2. The van der Waals surface area contributed by atoms with Crippen molar-refractivity contribution in [2.45, 2.75) is 45.3 Å². The SMILES string of the molecule is CC(C)Oc1ccc(NS(=O)(=O)CC(=O)NC2CCCC2CN)cc1. The van der Waals surface area contributed by atoms with E-state index in [4.69, 9.17) is 10.5 Å². The van der Waals surface area contributed by atoms with Crippen LogP contribution >= 0.6 is 0 Å². The minimum atomic E-state index is -3.77. The van der Waals surface area contributed by atoms with Crippen molar-refractivity contribution in [3.05, 3.63) is 24.3 Å². The van der Waals surface area contributed by atoms with Crippen molar-refractivity contribution in [2.75, 3.05) is 17.0 Å². The van der Waals surface area contributed by atoms with E-state index >= 15 is 0 Å². The molecule has 1 amide bonds. The lowest BCUT2D eigenvalue weighted by Gasteiger charge is -2.19. The second-order valence-electron chi connectivity index (χ2n) is 6.65. The van der Waals surface area contributed by atoms with Crippen LogP contribution in [0.4, 0.5) is 5.69 Å². The molecule has 2 atom stereocenters.